The molecule has 1 saturated heterocycles. The molecule has 1 amide bonds. The van der Waals surface area contributed by atoms with Crippen LogP contribution in [0, 0.1) is 5.92 Å². The Morgan fingerprint density at radius 3 is 2.11 bits per heavy atom. The molecule has 2 aliphatic rings. The number of piperazine rings is 1. The van der Waals surface area contributed by atoms with Gasteiger partial charge in [-0.25, -0.2) is 0 Å². The van der Waals surface area contributed by atoms with E-state index in [9.17, 15) is 18.0 Å². The summed E-state index contributed by atoms with van der Waals surface area (Å²) >= 11 is 0. The van der Waals surface area contributed by atoms with Gasteiger partial charge in [-0.15, -0.1) is 0 Å². The number of halogens is 3. The van der Waals surface area contributed by atoms with Gasteiger partial charge in [0, 0.05) is 37.8 Å². The molecule has 6 heteroatoms. The van der Waals surface area contributed by atoms with E-state index >= 15 is 0 Å². The van der Waals surface area contributed by atoms with Crippen molar-refractivity contribution in [3.05, 3.63) is 65.7 Å². The molecule has 1 saturated carbocycles. The molecule has 2 fully saturated rings. The standard InChI is InChI=1S/C21H21F3N2O/c22-21(23,24)16-8-6-15(7-9-16)18-14-19(18)20(27)26-12-10-25(11-13-26)17-4-2-1-3-5-17/h1-9,18-19H,10-14H2. The summed E-state index contributed by atoms with van der Waals surface area (Å²) < 4.78 is 38.0. The minimum absolute atomic E-state index is 0.0481. The normalized spacial score (nSPS) is 22.6. The molecule has 0 spiro atoms. The summed E-state index contributed by atoms with van der Waals surface area (Å²) in [7, 11) is 0. The fourth-order valence-electron chi connectivity index (χ4n) is 3.81. The van der Waals surface area contributed by atoms with Crippen molar-refractivity contribution in [1.29, 1.82) is 0 Å². The Kier molecular flexibility index (Phi) is 4.58. The molecule has 1 heterocycles. The topological polar surface area (TPSA) is 23.6 Å². The minimum Gasteiger partial charge on any atom is -0.368 e. The summed E-state index contributed by atoms with van der Waals surface area (Å²) in [6, 6.07) is 15.4. The van der Waals surface area contributed by atoms with Crippen LogP contribution in [0.5, 0.6) is 0 Å². The van der Waals surface area contributed by atoms with Crippen LogP contribution in [0.25, 0.3) is 0 Å². The number of hydrogen-bond donors (Lipinski definition) is 0. The van der Waals surface area contributed by atoms with Crippen molar-refractivity contribution < 1.29 is 18.0 Å². The maximum atomic E-state index is 12.7. The molecule has 142 valence electrons. The fourth-order valence-corrected chi connectivity index (χ4v) is 3.81. The van der Waals surface area contributed by atoms with Crippen LogP contribution < -0.4 is 4.90 Å². The van der Waals surface area contributed by atoms with Crippen LogP contribution in [-0.4, -0.2) is 37.0 Å². The molecule has 0 N–H and O–H groups in total. The summed E-state index contributed by atoms with van der Waals surface area (Å²) in [5, 5.41) is 0. The van der Waals surface area contributed by atoms with Crippen molar-refractivity contribution in [2.24, 2.45) is 5.92 Å². The molecule has 2 aromatic carbocycles. The van der Waals surface area contributed by atoms with Crippen LogP contribution in [-0.2, 0) is 11.0 Å². The summed E-state index contributed by atoms with van der Waals surface area (Å²) in [6.45, 7) is 2.97. The lowest BCUT2D eigenvalue weighted by Gasteiger charge is -2.36. The highest BCUT2D eigenvalue weighted by Gasteiger charge is 2.46. The van der Waals surface area contributed by atoms with E-state index in [1.165, 1.54) is 17.8 Å². The molecule has 1 aliphatic heterocycles. The first-order chi connectivity index (χ1) is 12.9. The Balaban J connectivity index is 1.33. The number of benzene rings is 2. The van der Waals surface area contributed by atoms with E-state index in [0.29, 0.717) is 13.1 Å². The minimum atomic E-state index is -4.32. The highest BCUT2D eigenvalue weighted by molar-refractivity contribution is 5.83. The third-order valence-corrected chi connectivity index (χ3v) is 5.49. The lowest BCUT2D eigenvalue weighted by atomic mass is 10.1. The molecule has 3 nitrogen and oxygen atoms in total. The summed E-state index contributed by atoms with van der Waals surface area (Å²) in [5.74, 6) is 0.0876. The molecule has 1 aliphatic carbocycles. The van der Waals surface area contributed by atoms with Gasteiger partial charge in [-0.05, 0) is 42.2 Å². The van der Waals surface area contributed by atoms with E-state index in [-0.39, 0.29) is 17.7 Å². The van der Waals surface area contributed by atoms with Crippen LogP contribution in [0.3, 0.4) is 0 Å². The van der Waals surface area contributed by atoms with Crippen LogP contribution in [0.1, 0.15) is 23.5 Å². The van der Waals surface area contributed by atoms with E-state index in [1.807, 2.05) is 23.1 Å². The van der Waals surface area contributed by atoms with E-state index in [1.54, 1.807) is 0 Å². The van der Waals surface area contributed by atoms with Gasteiger partial charge in [-0.1, -0.05) is 30.3 Å². The first-order valence-electron chi connectivity index (χ1n) is 9.19. The Labute approximate surface area is 156 Å². The van der Waals surface area contributed by atoms with Gasteiger partial charge in [0.05, 0.1) is 5.56 Å². The van der Waals surface area contributed by atoms with Gasteiger partial charge in [0.25, 0.3) is 0 Å². The molecule has 2 atom stereocenters. The molecule has 0 radical (unpaired) electrons. The number of alkyl halides is 3. The zero-order valence-corrected chi connectivity index (χ0v) is 14.8. The number of carbonyl (C=O) groups excluding carboxylic acids is 1. The molecule has 4 rings (SSSR count). The lowest BCUT2D eigenvalue weighted by molar-refractivity contribution is -0.137. The predicted molar refractivity (Wildman–Crippen MR) is 97.5 cm³/mol. The first kappa shape index (κ1) is 17.9. The molecular formula is C21H21F3N2O. The zero-order chi connectivity index (χ0) is 19.0. The number of anilines is 1. The average molecular weight is 374 g/mol. The van der Waals surface area contributed by atoms with E-state index < -0.39 is 11.7 Å². The van der Waals surface area contributed by atoms with Crippen molar-refractivity contribution >= 4 is 11.6 Å². The van der Waals surface area contributed by atoms with Crippen LogP contribution in [0.4, 0.5) is 18.9 Å². The number of carbonyl (C=O) groups is 1. The Morgan fingerprint density at radius 2 is 1.52 bits per heavy atom. The van der Waals surface area contributed by atoms with Crippen molar-refractivity contribution in [2.75, 3.05) is 31.1 Å². The second-order valence-electron chi connectivity index (χ2n) is 7.22. The number of para-hydroxylation sites is 1. The SMILES string of the molecule is O=C(C1CC1c1ccc(C(F)(F)F)cc1)N1CCN(c2ccccc2)CC1. The maximum Gasteiger partial charge on any atom is 0.416 e. The zero-order valence-electron chi connectivity index (χ0n) is 14.8. The van der Waals surface area contributed by atoms with Gasteiger partial charge in [0.15, 0.2) is 0 Å². The van der Waals surface area contributed by atoms with Crippen molar-refractivity contribution in [1.82, 2.24) is 4.90 Å². The quantitative estimate of drug-likeness (QED) is 0.806. The van der Waals surface area contributed by atoms with Crippen molar-refractivity contribution in [3.8, 4) is 0 Å². The Morgan fingerprint density at radius 1 is 0.889 bits per heavy atom. The predicted octanol–water partition coefficient (Wildman–Crippen LogP) is 4.16. The smallest absolute Gasteiger partial charge is 0.368 e. The Hall–Kier alpha value is -2.50. The van der Waals surface area contributed by atoms with Crippen LogP contribution >= 0.6 is 0 Å². The number of amides is 1. The van der Waals surface area contributed by atoms with Crippen molar-refractivity contribution in [2.45, 2.75) is 18.5 Å². The largest absolute Gasteiger partial charge is 0.416 e. The van der Waals surface area contributed by atoms with E-state index in [0.717, 1.165) is 37.2 Å². The van der Waals surface area contributed by atoms with Gasteiger partial charge in [-0.2, -0.15) is 13.2 Å². The average Bonchev–Trinajstić information content (AvgIpc) is 3.49. The third kappa shape index (κ3) is 3.80. The summed E-state index contributed by atoms with van der Waals surface area (Å²) in [6.07, 6.45) is -3.60. The second-order valence-corrected chi connectivity index (χ2v) is 7.22. The highest BCUT2D eigenvalue weighted by atomic mass is 19.4. The third-order valence-electron chi connectivity index (χ3n) is 5.49. The maximum absolute atomic E-state index is 12.7. The summed E-state index contributed by atoms with van der Waals surface area (Å²) in [4.78, 5) is 16.9. The van der Waals surface area contributed by atoms with E-state index in [2.05, 4.69) is 17.0 Å². The van der Waals surface area contributed by atoms with Gasteiger partial charge in [0.2, 0.25) is 5.91 Å². The first-order valence-corrected chi connectivity index (χ1v) is 9.19. The molecule has 0 bridgehead atoms. The van der Waals surface area contributed by atoms with E-state index in [4.69, 9.17) is 0 Å². The van der Waals surface area contributed by atoms with Gasteiger partial charge >= 0.3 is 6.18 Å². The van der Waals surface area contributed by atoms with Gasteiger partial charge < -0.3 is 9.80 Å². The van der Waals surface area contributed by atoms with Crippen LogP contribution in [0.15, 0.2) is 54.6 Å². The lowest BCUT2D eigenvalue weighted by Crippen LogP contribution is -2.49. The van der Waals surface area contributed by atoms with Gasteiger partial charge in [-0.3, -0.25) is 4.79 Å². The highest BCUT2D eigenvalue weighted by Crippen LogP contribution is 2.49. The number of hydrogen-bond acceptors (Lipinski definition) is 2. The Bertz CT molecular complexity index is 796. The monoisotopic (exact) mass is 374 g/mol. The summed E-state index contributed by atoms with van der Waals surface area (Å²) in [5.41, 5.74) is 1.34. The number of nitrogens with zero attached hydrogens (tertiary/aromatic N) is 2. The molecule has 2 aromatic rings. The molecular weight excluding hydrogens is 353 g/mol. The molecule has 0 aromatic heterocycles. The fraction of sp³-hybridized carbons (Fsp3) is 0.381. The number of rotatable bonds is 3. The molecule has 2 unspecified atom stereocenters. The van der Waals surface area contributed by atoms with Crippen LogP contribution in [0.2, 0.25) is 0 Å². The van der Waals surface area contributed by atoms with Crippen molar-refractivity contribution in [3.63, 3.8) is 0 Å². The van der Waals surface area contributed by atoms with Gasteiger partial charge in [0.1, 0.15) is 0 Å². The molecule has 27 heavy (non-hydrogen) atoms. The second kappa shape index (κ2) is 6.91.